The lowest BCUT2D eigenvalue weighted by Gasteiger charge is -2.30. The number of amidine groups is 1. The Balaban J connectivity index is 1.89. The van der Waals surface area contributed by atoms with Gasteiger partial charge in [-0.15, -0.1) is 10.8 Å². The average molecular weight is 566 g/mol. The molecule has 15 heteroatoms. The summed E-state index contributed by atoms with van der Waals surface area (Å²) < 4.78 is 47.3. The summed E-state index contributed by atoms with van der Waals surface area (Å²) in [4.78, 5) is 13.6. The maximum absolute atomic E-state index is 14.0. The first-order valence-electron chi connectivity index (χ1n) is 11.8. The van der Waals surface area contributed by atoms with Gasteiger partial charge in [0.15, 0.2) is 17.3 Å². The minimum Gasteiger partial charge on any atom is -0.505 e. The summed E-state index contributed by atoms with van der Waals surface area (Å²) in [7, 11) is -7.05. The van der Waals surface area contributed by atoms with Crippen molar-refractivity contribution in [2.24, 2.45) is 10.2 Å². The third-order valence-corrected chi connectivity index (χ3v) is 8.27. The standard InChI is InChI=1S/C23H32N7O6PS/c1-6-36-37(33)17-13-14(29-38(5,34)35)7-8-15(17)25-21(28-37)18-20(31)19(16-9-11-24-26-16)27-30(22(18)32)12-10-23(2,3)4/h7-9,11,13,29,31,34-35H,6,10,12H2,1-5H3,(H,24,26)(H,25,28,33). The Morgan fingerprint density at radius 2 is 1.97 bits per heavy atom. The maximum Gasteiger partial charge on any atom is 0.348 e. The van der Waals surface area contributed by atoms with E-state index in [0.29, 0.717) is 23.5 Å². The highest BCUT2D eigenvalue weighted by molar-refractivity contribution is 8.24. The Bertz CT molecular complexity index is 1480. The second kappa shape index (κ2) is 10.2. The largest absolute Gasteiger partial charge is 0.505 e. The van der Waals surface area contributed by atoms with E-state index in [2.05, 4.69) is 30.1 Å². The van der Waals surface area contributed by atoms with Gasteiger partial charge < -0.3 is 14.9 Å². The molecule has 0 saturated carbocycles. The van der Waals surface area contributed by atoms with E-state index in [1.807, 2.05) is 20.8 Å². The molecule has 3 aromatic rings. The molecule has 1 aliphatic rings. The van der Waals surface area contributed by atoms with Crippen LogP contribution in [0.4, 0.5) is 11.4 Å². The topological polar surface area (TPSA) is 187 Å². The maximum atomic E-state index is 14.0. The van der Waals surface area contributed by atoms with E-state index in [1.165, 1.54) is 23.2 Å². The minimum absolute atomic E-state index is 0.0473. The van der Waals surface area contributed by atoms with Gasteiger partial charge in [0.25, 0.3) is 5.56 Å². The van der Waals surface area contributed by atoms with Gasteiger partial charge in [-0.2, -0.15) is 15.0 Å². The van der Waals surface area contributed by atoms with Crippen LogP contribution in [0.1, 0.15) is 39.7 Å². The van der Waals surface area contributed by atoms with Crippen molar-refractivity contribution >= 4 is 40.8 Å². The van der Waals surface area contributed by atoms with Crippen molar-refractivity contribution in [1.82, 2.24) is 20.0 Å². The van der Waals surface area contributed by atoms with Crippen LogP contribution in [0.5, 0.6) is 5.75 Å². The van der Waals surface area contributed by atoms with Gasteiger partial charge in [-0.1, -0.05) is 20.8 Å². The summed E-state index contributed by atoms with van der Waals surface area (Å²) in [5, 5.41) is 25.4. The first-order valence-corrected chi connectivity index (χ1v) is 15.4. The highest BCUT2D eigenvalue weighted by atomic mass is 32.3. The van der Waals surface area contributed by atoms with Crippen LogP contribution < -0.4 is 20.9 Å². The summed E-state index contributed by atoms with van der Waals surface area (Å²) >= 11 is 0. The normalized spacial score (nSPS) is 17.9. The number of hydrogen-bond acceptors (Lipinski definition) is 10. The number of anilines is 2. The van der Waals surface area contributed by atoms with Gasteiger partial charge in [0, 0.05) is 19.0 Å². The molecule has 13 nitrogen and oxygen atoms in total. The van der Waals surface area contributed by atoms with Gasteiger partial charge in [0.05, 0.1) is 29.0 Å². The summed E-state index contributed by atoms with van der Waals surface area (Å²) in [5.41, 5.74) is 0.159. The molecule has 206 valence electrons. The van der Waals surface area contributed by atoms with Gasteiger partial charge in [0.2, 0.25) is 0 Å². The zero-order chi connectivity index (χ0) is 27.9. The number of nitrogens with zero attached hydrogens (tertiary/aromatic N) is 4. The number of aromatic hydroxyl groups is 1. The third-order valence-electron chi connectivity index (χ3n) is 5.60. The summed E-state index contributed by atoms with van der Waals surface area (Å²) in [6.45, 7) is 8.09. The molecule has 0 amide bonds. The van der Waals surface area contributed by atoms with E-state index >= 15 is 0 Å². The summed E-state index contributed by atoms with van der Waals surface area (Å²) in [6.07, 6.45) is 3.34. The van der Waals surface area contributed by atoms with Crippen LogP contribution in [0.2, 0.25) is 0 Å². The average Bonchev–Trinajstić information content (AvgIpc) is 3.32. The quantitative estimate of drug-likeness (QED) is 0.216. The lowest BCUT2D eigenvalue weighted by atomic mass is 9.92. The zero-order valence-electron chi connectivity index (χ0n) is 21.7. The summed E-state index contributed by atoms with van der Waals surface area (Å²) in [6, 6.07) is 6.15. The molecule has 0 fully saturated rings. The lowest BCUT2D eigenvalue weighted by molar-refractivity contribution is 0.335. The van der Waals surface area contributed by atoms with Gasteiger partial charge in [-0.3, -0.25) is 28.3 Å². The predicted molar refractivity (Wildman–Crippen MR) is 150 cm³/mol. The van der Waals surface area contributed by atoms with Gasteiger partial charge >= 0.3 is 7.52 Å². The smallest absolute Gasteiger partial charge is 0.348 e. The minimum atomic E-state index is -3.96. The number of aromatic amines is 1. The van der Waals surface area contributed by atoms with Crippen molar-refractivity contribution in [3.8, 4) is 17.1 Å². The van der Waals surface area contributed by atoms with Crippen LogP contribution in [0, 0.1) is 5.41 Å². The number of hydrogen-bond donors (Lipinski definition) is 6. The number of H-pyrrole nitrogens is 1. The Labute approximate surface area is 221 Å². The molecule has 6 N–H and O–H groups in total. The van der Waals surface area contributed by atoms with E-state index in [0.717, 1.165) is 0 Å². The van der Waals surface area contributed by atoms with Gasteiger partial charge in [-0.25, -0.2) is 4.68 Å². The zero-order valence-corrected chi connectivity index (χ0v) is 23.4. The Morgan fingerprint density at radius 1 is 1.24 bits per heavy atom. The van der Waals surface area contributed by atoms with Crippen LogP contribution in [0.15, 0.2) is 40.0 Å². The van der Waals surface area contributed by atoms with Crippen molar-refractivity contribution in [3.05, 3.63) is 46.4 Å². The van der Waals surface area contributed by atoms with Crippen molar-refractivity contribution in [2.45, 2.75) is 40.7 Å². The SMILES string of the molecule is CCOP1(=O)N=C(c2c(O)c(-c3ccn[nH]3)nn(CCC(C)(C)C)c2=O)Nc2ccc(NS(C)(O)O)cc21. The van der Waals surface area contributed by atoms with Crippen LogP contribution >= 0.6 is 18.3 Å². The molecule has 1 unspecified atom stereocenters. The van der Waals surface area contributed by atoms with E-state index in [-0.39, 0.29) is 41.0 Å². The molecule has 38 heavy (non-hydrogen) atoms. The number of fused-ring (bicyclic) bond motifs is 1. The first-order chi connectivity index (χ1) is 17.7. The molecule has 1 atom stereocenters. The van der Waals surface area contributed by atoms with E-state index < -0.39 is 29.6 Å². The fourth-order valence-electron chi connectivity index (χ4n) is 3.82. The Kier molecular flexibility index (Phi) is 7.47. The second-order valence-corrected chi connectivity index (χ2v) is 13.9. The van der Waals surface area contributed by atoms with E-state index in [4.69, 9.17) is 4.52 Å². The molecule has 4 rings (SSSR count). The molecular formula is C23H32N7O6PS. The van der Waals surface area contributed by atoms with Crippen LogP contribution in [0.3, 0.4) is 0 Å². The Morgan fingerprint density at radius 3 is 2.58 bits per heavy atom. The number of rotatable bonds is 8. The highest BCUT2D eigenvalue weighted by Gasteiger charge is 2.36. The van der Waals surface area contributed by atoms with Crippen molar-refractivity contribution in [1.29, 1.82) is 0 Å². The van der Waals surface area contributed by atoms with Gasteiger partial charge in [-0.05, 0) is 43.0 Å². The summed E-state index contributed by atoms with van der Waals surface area (Å²) in [5.74, 6) is -0.591. The van der Waals surface area contributed by atoms with Gasteiger partial charge in [0.1, 0.15) is 5.56 Å². The molecule has 0 radical (unpaired) electrons. The van der Waals surface area contributed by atoms with Crippen LogP contribution in [-0.2, 0) is 15.6 Å². The predicted octanol–water partition coefficient (Wildman–Crippen LogP) is 4.21. The monoisotopic (exact) mass is 565 g/mol. The second-order valence-electron chi connectivity index (χ2n) is 10.1. The third kappa shape index (κ3) is 5.94. The molecule has 0 saturated heterocycles. The number of aryl methyl sites for hydroxylation is 1. The molecule has 0 bridgehead atoms. The van der Waals surface area contributed by atoms with Crippen LogP contribution in [0.25, 0.3) is 11.4 Å². The molecule has 0 spiro atoms. The Hall–Kier alpha value is -3.16. The fourth-order valence-corrected chi connectivity index (χ4v) is 6.20. The van der Waals surface area contributed by atoms with E-state index in [9.17, 15) is 23.6 Å². The number of aromatic nitrogens is 4. The lowest BCUT2D eigenvalue weighted by Crippen LogP contribution is -2.35. The van der Waals surface area contributed by atoms with Crippen molar-refractivity contribution in [3.63, 3.8) is 0 Å². The molecular weight excluding hydrogens is 533 g/mol. The first kappa shape index (κ1) is 27.9. The number of nitrogens with one attached hydrogen (secondary N) is 3. The van der Waals surface area contributed by atoms with Crippen LogP contribution in [-0.4, -0.2) is 52.9 Å². The molecule has 3 heterocycles. The highest BCUT2D eigenvalue weighted by Crippen LogP contribution is 2.53. The number of benzene rings is 1. The fraction of sp³-hybridized carbons (Fsp3) is 0.391. The van der Waals surface area contributed by atoms with Crippen molar-refractivity contribution in [2.75, 3.05) is 22.9 Å². The van der Waals surface area contributed by atoms with Crippen molar-refractivity contribution < 1.29 is 23.3 Å². The van der Waals surface area contributed by atoms with E-state index in [1.54, 1.807) is 25.1 Å². The molecule has 1 aliphatic heterocycles. The molecule has 1 aromatic carbocycles. The molecule has 2 aromatic heterocycles. The molecule has 0 aliphatic carbocycles.